The van der Waals surface area contributed by atoms with Crippen LogP contribution in [0, 0.1) is 5.82 Å². The Morgan fingerprint density at radius 2 is 1.75 bits per heavy atom. The molecule has 0 aliphatic rings. The molecule has 0 aliphatic heterocycles. The van der Waals surface area contributed by atoms with Crippen molar-refractivity contribution in [3.8, 4) is 11.1 Å². The van der Waals surface area contributed by atoms with E-state index in [0.717, 1.165) is 11.1 Å². The largest absolute Gasteiger partial charge is 0.615 e. The smallest absolute Gasteiger partial charge is 0.356 e. The van der Waals surface area contributed by atoms with Gasteiger partial charge < -0.3 is 9.29 Å². The van der Waals surface area contributed by atoms with Crippen LogP contribution in [-0.2, 0) is 20.7 Å². The van der Waals surface area contributed by atoms with Gasteiger partial charge in [-0.15, -0.1) is 0 Å². The van der Waals surface area contributed by atoms with Gasteiger partial charge in [-0.05, 0) is 43.6 Å². The summed E-state index contributed by atoms with van der Waals surface area (Å²) in [5.74, 6) is -0.870. The van der Waals surface area contributed by atoms with Crippen molar-refractivity contribution in [2.24, 2.45) is 0 Å². The average Bonchev–Trinajstić information content (AvgIpc) is 2.54. The Morgan fingerprint density at radius 1 is 1.12 bits per heavy atom. The molecule has 2 aromatic carbocycles. The molecule has 0 spiro atoms. The van der Waals surface area contributed by atoms with Gasteiger partial charge in [0, 0.05) is 11.1 Å². The van der Waals surface area contributed by atoms with E-state index in [1.54, 1.807) is 51.1 Å². The average molecular weight is 348 g/mol. The third kappa shape index (κ3) is 4.82. The number of hydrogen-bond donors (Lipinski definition) is 0. The SMILES string of the molecule is CC(C)OC(=O)C[S+]([O-])C(C)c1ccc(-c2ccccc2F)cc1. The summed E-state index contributed by atoms with van der Waals surface area (Å²) in [7, 11) is 0. The number of carbonyl (C=O) groups is 1. The van der Waals surface area contributed by atoms with Gasteiger partial charge in [-0.1, -0.05) is 42.5 Å². The topological polar surface area (TPSA) is 49.4 Å². The highest BCUT2D eigenvalue weighted by molar-refractivity contribution is 7.92. The van der Waals surface area contributed by atoms with Gasteiger partial charge in [0.1, 0.15) is 11.1 Å². The quantitative estimate of drug-likeness (QED) is 0.579. The lowest BCUT2D eigenvalue weighted by atomic mass is 10.0. The van der Waals surface area contributed by atoms with Crippen molar-refractivity contribution in [2.75, 3.05) is 5.75 Å². The molecule has 128 valence electrons. The monoisotopic (exact) mass is 348 g/mol. The Balaban J connectivity index is 2.07. The molecule has 2 atom stereocenters. The third-order valence-corrected chi connectivity index (χ3v) is 5.17. The van der Waals surface area contributed by atoms with Crippen molar-refractivity contribution in [3.05, 3.63) is 59.9 Å². The lowest BCUT2D eigenvalue weighted by molar-refractivity contribution is -0.144. The third-order valence-electron chi connectivity index (χ3n) is 3.59. The first-order chi connectivity index (χ1) is 11.4. The number of esters is 1. The molecule has 0 aliphatic carbocycles. The molecule has 0 N–H and O–H groups in total. The van der Waals surface area contributed by atoms with Crippen molar-refractivity contribution in [1.29, 1.82) is 0 Å². The molecule has 2 aromatic rings. The zero-order chi connectivity index (χ0) is 17.7. The van der Waals surface area contributed by atoms with E-state index in [9.17, 15) is 13.7 Å². The fraction of sp³-hybridized carbons (Fsp3) is 0.316. The van der Waals surface area contributed by atoms with Gasteiger partial charge in [0.25, 0.3) is 0 Å². The molecule has 0 aromatic heterocycles. The predicted molar refractivity (Wildman–Crippen MR) is 94.5 cm³/mol. The van der Waals surface area contributed by atoms with E-state index in [1.807, 2.05) is 12.1 Å². The molecule has 2 unspecified atom stereocenters. The van der Waals surface area contributed by atoms with E-state index >= 15 is 0 Å². The van der Waals surface area contributed by atoms with E-state index in [4.69, 9.17) is 4.74 Å². The molecule has 0 radical (unpaired) electrons. The van der Waals surface area contributed by atoms with Crippen LogP contribution in [0.1, 0.15) is 31.6 Å². The molecular formula is C19H21FO3S. The van der Waals surface area contributed by atoms with Crippen molar-refractivity contribution in [2.45, 2.75) is 32.1 Å². The maximum absolute atomic E-state index is 13.8. The first-order valence-corrected chi connectivity index (χ1v) is 9.18. The normalized spacial score (nSPS) is 13.6. The summed E-state index contributed by atoms with van der Waals surface area (Å²) in [4.78, 5) is 11.6. The van der Waals surface area contributed by atoms with Crippen LogP contribution in [-0.4, -0.2) is 22.4 Å². The Morgan fingerprint density at radius 3 is 2.33 bits per heavy atom. The molecular weight excluding hydrogens is 327 g/mol. The van der Waals surface area contributed by atoms with Crippen molar-refractivity contribution < 1.29 is 18.5 Å². The van der Waals surface area contributed by atoms with Gasteiger partial charge in [0.05, 0.1) is 6.10 Å². The molecule has 24 heavy (non-hydrogen) atoms. The summed E-state index contributed by atoms with van der Waals surface area (Å²) >= 11 is -1.37. The highest BCUT2D eigenvalue weighted by Gasteiger charge is 2.24. The standard InChI is InChI=1S/C19H21FO3S/c1-13(2)23-19(21)12-24(22)14(3)15-8-10-16(11-9-15)17-6-4-5-7-18(17)20/h4-11,13-14H,12H2,1-3H3. The van der Waals surface area contributed by atoms with Gasteiger partial charge in [0.15, 0.2) is 0 Å². The van der Waals surface area contributed by atoms with Crippen molar-refractivity contribution >= 4 is 17.1 Å². The number of halogens is 1. The Bertz CT molecular complexity index is 685. The van der Waals surface area contributed by atoms with Crippen LogP contribution in [0.3, 0.4) is 0 Å². The number of ether oxygens (including phenoxy) is 1. The number of rotatable bonds is 6. The minimum Gasteiger partial charge on any atom is -0.615 e. The van der Waals surface area contributed by atoms with E-state index in [-0.39, 0.29) is 22.9 Å². The summed E-state index contributed by atoms with van der Waals surface area (Å²) in [6.45, 7) is 5.31. The summed E-state index contributed by atoms with van der Waals surface area (Å²) in [6, 6.07) is 13.8. The van der Waals surface area contributed by atoms with Crippen LogP contribution < -0.4 is 0 Å². The van der Waals surface area contributed by atoms with E-state index < -0.39 is 17.1 Å². The Kier molecular flexibility index (Phi) is 6.40. The van der Waals surface area contributed by atoms with Crippen LogP contribution >= 0.6 is 0 Å². The van der Waals surface area contributed by atoms with E-state index in [2.05, 4.69) is 0 Å². The molecule has 0 saturated carbocycles. The highest BCUT2D eigenvalue weighted by Crippen LogP contribution is 2.27. The molecule has 0 heterocycles. The van der Waals surface area contributed by atoms with Crippen molar-refractivity contribution in [1.82, 2.24) is 0 Å². The molecule has 2 rings (SSSR count). The molecule has 0 fully saturated rings. The summed E-state index contributed by atoms with van der Waals surface area (Å²) < 4.78 is 31.1. The molecule has 0 bridgehead atoms. The van der Waals surface area contributed by atoms with Gasteiger partial charge in [-0.25, -0.2) is 9.18 Å². The maximum atomic E-state index is 13.8. The van der Waals surface area contributed by atoms with Crippen LogP contribution in [0.2, 0.25) is 0 Å². The minimum absolute atomic E-state index is 0.131. The van der Waals surface area contributed by atoms with Gasteiger partial charge in [-0.2, -0.15) is 0 Å². The second kappa shape index (κ2) is 8.31. The summed E-state index contributed by atoms with van der Waals surface area (Å²) in [6.07, 6.45) is -0.218. The Hall–Kier alpha value is -1.85. The van der Waals surface area contributed by atoms with Crippen molar-refractivity contribution in [3.63, 3.8) is 0 Å². The fourth-order valence-corrected chi connectivity index (χ4v) is 3.33. The lowest BCUT2D eigenvalue weighted by Crippen LogP contribution is -2.24. The summed E-state index contributed by atoms with van der Waals surface area (Å²) in [5.41, 5.74) is 2.12. The van der Waals surface area contributed by atoms with Gasteiger partial charge >= 0.3 is 5.97 Å². The summed E-state index contributed by atoms with van der Waals surface area (Å²) in [5, 5.41) is -0.306. The van der Waals surface area contributed by atoms with E-state index in [0.29, 0.717) is 5.56 Å². The maximum Gasteiger partial charge on any atom is 0.356 e. The van der Waals surface area contributed by atoms with Crippen LogP contribution in [0.5, 0.6) is 0 Å². The zero-order valence-corrected chi connectivity index (χ0v) is 14.8. The molecule has 0 amide bonds. The Labute approximate surface area is 145 Å². The van der Waals surface area contributed by atoms with E-state index in [1.165, 1.54) is 6.07 Å². The number of benzene rings is 2. The fourth-order valence-electron chi connectivity index (χ4n) is 2.32. The second-order valence-electron chi connectivity index (χ2n) is 5.81. The molecule has 5 heteroatoms. The minimum atomic E-state index is -1.37. The zero-order valence-electron chi connectivity index (χ0n) is 14.0. The second-order valence-corrected chi connectivity index (χ2v) is 7.57. The number of carbonyl (C=O) groups excluding carboxylic acids is 1. The first kappa shape index (κ1) is 18.5. The lowest BCUT2D eigenvalue weighted by Gasteiger charge is -2.19. The van der Waals surface area contributed by atoms with Crippen LogP contribution in [0.25, 0.3) is 11.1 Å². The van der Waals surface area contributed by atoms with Crippen LogP contribution in [0.15, 0.2) is 48.5 Å². The van der Waals surface area contributed by atoms with Gasteiger partial charge in [-0.3, -0.25) is 0 Å². The number of hydrogen-bond acceptors (Lipinski definition) is 3. The predicted octanol–water partition coefficient (Wildman–Crippen LogP) is 4.25. The molecule has 3 nitrogen and oxygen atoms in total. The first-order valence-electron chi connectivity index (χ1n) is 7.80. The highest BCUT2D eigenvalue weighted by atomic mass is 32.2. The van der Waals surface area contributed by atoms with Gasteiger partial charge in [0.2, 0.25) is 5.75 Å². The van der Waals surface area contributed by atoms with Crippen LogP contribution in [0.4, 0.5) is 4.39 Å². The molecule has 0 saturated heterocycles.